The molecule has 1 fully saturated rings. The Morgan fingerprint density at radius 1 is 1.33 bits per heavy atom. The molecule has 1 heterocycles. The van der Waals surface area contributed by atoms with Gasteiger partial charge >= 0.3 is 0 Å². The van der Waals surface area contributed by atoms with Crippen LogP contribution < -0.4 is 10.2 Å². The molecule has 3 nitrogen and oxygen atoms in total. The fourth-order valence-corrected chi connectivity index (χ4v) is 1.90. The van der Waals surface area contributed by atoms with Gasteiger partial charge in [0.2, 0.25) is 0 Å². The molecule has 4 heteroatoms. The van der Waals surface area contributed by atoms with Crippen LogP contribution in [0.4, 0.5) is 10.1 Å². The first kappa shape index (κ1) is 10.2. The molecule has 0 saturated carbocycles. The number of nitrogens with zero attached hydrogens (tertiary/aromatic N) is 1. The summed E-state index contributed by atoms with van der Waals surface area (Å²) in [5, 5.41) is 12.5. The van der Waals surface area contributed by atoms with Gasteiger partial charge in [-0.25, -0.2) is 4.39 Å². The first-order valence-electron chi connectivity index (χ1n) is 5.13. The molecule has 0 aromatic heterocycles. The van der Waals surface area contributed by atoms with E-state index in [0.717, 1.165) is 37.4 Å². The van der Waals surface area contributed by atoms with E-state index in [1.807, 2.05) is 6.92 Å². The van der Waals surface area contributed by atoms with Crippen LogP contribution in [0.15, 0.2) is 12.1 Å². The predicted octanol–water partition coefficient (Wildman–Crippen LogP) is 1.25. The zero-order chi connectivity index (χ0) is 10.8. The standard InChI is InChI=1S/C11H15FN2O/c1-8-6-11(15)9(12)7-10(8)14-4-2-13-3-5-14/h6-7,13,15H,2-5H2,1H3. The number of hydrogen-bond donors (Lipinski definition) is 2. The van der Waals surface area contributed by atoms with Crippen molar-refractivity contribution in [1.82, 2.24) is 5.32 Å². The van der Waals surface area contributed by atoms with Gasteiger partial charge in [-0.1, -0.05) is 0 Å². The second-order valence-corrected chi connectivity index (χ2v) is 3.83. The summed E-state index contributed by atoms with van der Waals surface area (Å²) in [6, 6.07) is 2.89. The largest absolute Gasteiger partial charge is 0.505 e. The Hall–Kier alpha value is -1.29. The quantitative estimate of drug-likeness (QED) is 0.732. The van der Waals surface area contributed by atoms with Gasteiger partial charge in [0.25, 0.3) is 0 Å². The zero-order valence-electron chi connectivity index (χ0n) is 8.76. The highest BCUT2D eigenvalue weighted by Crippen LogP contribution is 2.27. The number of anilines is 1. The highest BCUT2D eigenvalue weighted by Gasteiger charge is 2.14. The van der Waals surface area contributed by atoms with E-state index in [1.165, 1.54) is 12.1 Å². The van der Waals surface area contributed by atoms with E-state index in [2.05, 4.69) is 10.2 Å². The summed E-state index contributed by atoms with van der Waals surface area (Å²) in [6.07, 6.45) is 0. The molecule has 1 aromatic carbocycles. The second kappa shape index (κ2) is 4.06. The highest BCUT2D eigenvalue weighted by molar-refractivity contribution is 5.56. The van der Waals surface area contributed by atoms with Gasteiger partial charge in [0.1, 0.15) is 0 Å². The smallest absolute Gasteiger partial charge is 0.166 e. The lowest BCUT2D eigenvalue weighted by atomic mass is 10.1. The van der Waals surface area contributed by atoms with Crippen molar-refractivity contribution in [2.75, 3.05) is 31.1 Å². The van der Waals surface area contributed by atoms with Gasteiger partial charge in [-0.15, -0.1) is 0 Å². The molecule has 0 atom stereocenters. The van der Waals surface area contributed by atoms with Crippen LogP contribution in [-0.4, -0.2) is 31.3 Å². The minimum absolute atomic E-state index is 0.272. The van der Waals surface area contributed by atoms with E-state index < -0.39 is 5.82 Å². The summed E-state index contributed by atoms with van der Waals surface area (Å²) in [6.45, 7) is 5.48. The molecule has 15 heavy (non-hydrogen) atoms. The Bertz CT molecular complexity index is 362. The van der Waals surface area contributed by atoms with Crippen LogP contribution >= 0.6 is 0 Å². The van der Waals surface area contributed by atoms with E-state index in [1.54, 1.807) is 0 Å². The normalized spacial score (nSPS) is 16.8. The maximum atomic E-state index is 13.2. The van der Waals surface area contributed by atoms with Crippen molar-refractivity contribution in [2.24, 2.45) is 0 Å². The molecule has 82 valence electrons. The molecule has 0 aliphatic carbocycles. The Morgan fingerprint density at radius 3 is 2.67 bits per heavy atom. The summed E-state index contributed by atoms with van der Waals surface area (Å²) in [7, 11) is 0. The van der Waals surface area contributed by atoms with Crippen molar-refractivity contribution in [3.63, 3.8) is 0 Å². The average Bonchev–Trinajstić information content (AvgIpc) is 2.25. The fraction of sp³-hybridized carbons (Fsp3) is 0.455. The predicted molar refractivity (Wildman–Crippen MR) is 57.9 cm³/mol. The van der Waals surface area contributed by atoms with Crippen LogP contribution in [0.5, 0.6) is 5.75 Å². The third-order valence-corrected chi connectivity index (χ3v) is 2.72. The van der Waals surface area contributed by atoms with Crippen LogP contribution in [0.2, 0.25) is 0 Å². The van der Waals surface area contributed by atoms with Crippen molar-refractivity contribution >= 4 is 5.69 Å². The highest BCUT2D eigenvalue weighted by atomic mass is 19.1. The van der Waals surface area contributed by atoms with Crippen LogP contribution in [0.3, 0.4) is 0 Å². The molecule has 2 N–H and O–H groups in total. The topological polar surface area (TPSA) is 35.5 Å². The third-order valence-electron chi connectivity index (χ3n) is 2.72. The molecular formula is C11H15FN2O. The summed E-state index contributed by atoms with van der Waals surface area (Å²) < 4.78 is 13.2. The Morgan fingerprint density at radius 2 is 2.00 bits per heavy atom. The van der Waals surface area contributed by atoms with E-state index in [-0.39, 0.29) is 5.75 Å². The van der Waals surface area contributed by atoms with Gasteiger partial charge in [-0.05, 0) is 18.6 Å². The van der Waals surface area contributed by atoms with Gasteiger partial charge in [-0.2, -0.15) is 0 Å². The van der Waals surface area contributed by atoms with Crippen LogP contribution in [0.25, 0.3) is 0 Å². The summed E-state index contributed by atoms with van der Waals surface area (Å²) in [4.78, 5) is 2.13. The Labute approximate surface area is 88.5 Å². The molecule has 0 spiro atoms. The van der Waals surface area contributed by atoms with Crippen LogP contribution in [-0.2, 0) is 0 Å². The monoisotopic (exact) mass is 210 g/mol. The number of phenols is 1. The van der Waals surface area contributed by atoms with Gasteiger partial charge < -0.3 is 15.3 Å². The second-order valence-electron chi connectivity index (χ2n) is 3.83. The number of nitrogens with one attached hydrogen (secondary N) is 1. The van der Waals surface area contributed by atoms with E-state index in [9.17, 15) is 9.50 Å². The molecule has 0 bridgehead atoms. The lowest BCUT2D eigenvalue weighted by Crippen LogP contribution is -2.43. The summed E-state index contributed by atoms with van der Waals surface area (Å²) >= 11 is 0. The molecule has 0 unspecified atom stereocenters. The van der Waals surface area contributed by atoms with Crippen molar-refractivity contribution < 1.29 is 9.50 Å². The molecule has 0 amide bonds. The maximum Gasteiger partial charge on any atom is 0.166 e. The Balaban J connectivity index is 2.30. The molecule has 0 radical (unpaired) electrons. The van der Waals surface area contributed by atoms with E-state index >= 15 is 0 Å². The van der Waals surface area contributed by atoms with Gasteiger partial charge in [0.05, 0.1) is 0 Å². The minimum Gasteiger partial charge on any atom is -0.505 e. The summed E-state index contributed by atoms with van der Waals surface area (Å²) in [5.41, 5.74) is 1.79. The number of aryl methyl sites for hydroxylation is 1. The number of halogens is 1. The lowest BCUT2D eigenvalue weighted by Gasteiger charge is -2.30. The van der Waals surface area contributed by atoms with E-state index in [0.29, 0.717) is 0 Å². The molecule has 1 aromatic rings. The number of piperazine rings is 1. The first-order valence-corrected chi connectivity index (χ1v) is 5.13. The Kier molecular flexibility index (Phi) is 2.77. The molecule has 2 rings (SSSR count). The van der Waals surface area contributed by atoms with Crippen molar-refractivity contribution in [3.8, 4) is 5.75 Å². The third kappa shape index (κ3) is 2.04. The van der Waals surface area contributed by atoms with Gasteiger partial charge in [0, 0.05) is 37.9 Å². The first-order chi connectivity index (χ1) is 7.18. The SMILES string of the molecule is Cc1cc(O)c(F)cc1N1CCNCC1. The minimum atomic E-state index is -0.547. The fourth-order valence-electron chi connectivity index (χ4n) is 1.90. The van der Waals surface area contributed by atoms with Crippen LogP contribution in [0, 0.1) is 12.7 Å². The molecule has 1 saturated heterocycles. The number of rotatable bonds is 1. The molecular weight excluding hydrogens is 195 g/mol. The number of aromatic hydroxyl groups is 1. The molecule has 1 aliphatic rings. The number of benzene rings is 1. The van der Waals surface area contributed by atoms with Crippen molar-refractivity contribution in [1.29, 1.82) is 0 Å². The van der Waals surface area contributed by atoms with Gasteiger partial charge in [-0.3, -0.25) is 0 Å². The number of hydrogen-bond acceptors (Lipinski definition) is 3. The number of phenolic OH excluding ortho intramolecular Hbond substituents is 1. The van der Waals surface area contributed by atoms with E-state index in [4.69, 9.17) is 0 Å². The van der Waals surface area contributed by atoms with Crippen molar-refractivity contribution in [3.05, 3.63) is 23.5 Å². The average molecular weight is 210 g/mol. The van der Waals surface area contributed by atoms with Crippen molar-refractivity contribution in [2.45, 2.75) is 6.92 Å². The lowest BCUT2D eigenvalue weighted by molar-refractivity contribution is 0.431. The zero-order valence-corrected chi connectivity index (χ0v) is 8.76. The van der Waals surface area contributed by atoms with Gasteiger partial charge in [0.15, 0.2) is 11.6 Å². The van der Waals surface area contributed by atoms with Crippen LogP contribution in [0.1, 0.15) is 5.56 Å². The maximum absolute atomic E-state index is 13.2. The summed E-state index contributed by atoms with van der Waals surface area (Å²) in [5.74, 6) is -0.819. The molecule has 1 aliphatic heterocycles.